The van der Waals surface area contributed by atoms with Crippen molar-refractivity contribution < 1.29 is 0 Å². The van der Waals surface area contributed by atoms with E-state index >= 15 is 0 Å². The Balaban J connectivity index is 1.91. The molecular formula is C12H16NP. The molecule has 14 heavy (non-hydrogen) atoms. The highest BCUT2D eigenvalue weighted by molar-refractivity contribution is 7.13. The zero-order valence-corrected chi connectivity index (χ0v) is 9.47. The number of benzene rings is 1. The topological polar surface area (TPSA) is 3.24 Å². The molecule has 0 amide bonds. The first-order valence-electron chi connectivity index (χ1n) is 5.39. The van der Waals surface area contributed by atoms with Crippen molar-refractivity contribution in [3.63, 3.8) is 0 Å². The minimum Gasteiger partial charge on any atom is -0.287 e. The van der Waals surface area contributed by atoms with Gasteiger partial charge in [0.2, 0.25) is 0 Å². The van der Waals surface area contributed by atoms with E-state index in [-0.39, 0.29) is 0 Å². The summed E-state index contributed by atoms with van der Waals surface area (Å²) in [5, 5.41) is 0. The van der Waals surface area contributed by atoms with Gasteiger partial charge >= 0.3 is 0 Å². The second-order valence-electron chi connectivity index (χ2n) is 4.65. The fourth-order valence-electron chi connectivity index (χ4n) is 2.96. The molecule has 3 unspecified atom stereocenters. The Kier molecular flexibility index (Phi) is 2.11. The van der Waals surface area contributed by atoms with Gasteiger partial charge in [-0.05, 0) is 35.8 Å². The van der Waals surface area contributed by atoms with Gasteiger partial charge in [-0.3, -0.25) is 4.67 Å². The molecule has 0 bridgehead atoms. The summed E-state index contributed by atoms with van der Waals surface area (Å²) in [5.41, 5.74) is 3.18. The molecule has 1 aromatic carbocycles. The molecule has 1 aromatic rings. The molecule has 0 spiro atoms. The Morgan fingerprint density at radius 2 is 1.50 bits per heavy atom. The fraction of sp³-hybridized carbons (Fsp3) is 0.500. The summed E-state index contributed by atoms with van der Waals surface area (Å²) in [5.74, 6) is 1.81. The highest BCUT2D eigenvalue weighted by Crippen LogP contribution is 2.36. The average molecular weight is 205 g/mol. The molecular weight excluding hydrogens is 189 g/mol. The van der Waals surface area contributed by atoms with Crippen LogP contribution in [0.1, 0.15) is 11.1 Å². The van der Waals surface area contributed by atoms with Gasteiger partial charge in [0, 0.05) is 13.1 Å². The Bertz CT molecular complexity index is 317. The summed E-state index contributed by atoms with van der Waals surface area (Å²) in [4.78, 5) is 0. The van der Waals surface area contributed by atoms with Crippen LogP contribution in [0.3, 0.4) is 0 Å². The molecule has 2 aliphatic rings. The summed E-state index contributed by atoms with van der Waals surface area (Å²) < 4.78 is 2.40. The molecule has 3 atom stereocenters. The highest BCUT2D eigenvalue weighted by Gasteiger charge is 2.34. The van der Waals surface area contributed by atoms with E-state index in [0.717, 1.165) is 11.8 Å². The van der Waals surface area contributed by atoms with Crippen LogP contribution in [0.15, 0.2) is 24.3 Å². The largest absolute Gasteiger partial charge is 0.287 e. The van der Waals surface area contributed by atoms with E-state index < -0.39 is 0 Å². The van der Waals surface area contributed by atoms with E-state index in [0.29, 0.717) is 0 Å². The van der Waals surface area contributed by atoms with E-state index in [9.17, 15) is 0 Å². The van der Waals surface area contributed by atoms with E-state index in [1.807, 2.05) is 0 Å². The van der Waals surface area contributed by atoms with Crippen LogP contribution in [-0.2, 0) is 12.8 Å². The van der Waals surface area contributed by atoms with Crippen LogP contribution in [0, 0.1) is 11.8 Å². The van der Waals surface area contributed by atoms with Crippen molar-refractivity contribution >= 4 is 9.39 Å². The summed E-state index contributed by atoms with van der Waals surface area (Å²) in [6.07, 6.45) is 2.59. The molecule has 74 valence electrons. The normalized spacial score (nSPS) is 31.2. The lowest BCUT2D eigenvalue weighted by Crippen LogP contribution is -2.23. The monoisotopic (exact) mass is 205 g/mol. The Morgan fingerprint density at radius 1 is 1.00 bits per heavy atom. The minimum atomic E-state index is 0.905. The van der Waals surface area contributed by atoms with Gasteiger partial charge in [-0.15, -0.1) is 0 Å². The number of nitrogens with zero attached hydrogens (tertiary/aromatic N) is 1. The van der Waals surface area contributed by atoms with Crippen LogP contribution in [0.5, 0.6) is 0 Å². The van der Waals surface area contributed by atoms with Crippen molar-refractivity contribution in [2.75, 3.05) is 13.1 Å². The predicted molar refractivity (Wildman–Crippen MR) is 62.1 cm³/mol. The second-order valence-corrected chi connectivity index (χ2v) is 5.38. The quantitative estimate of drug-likeness (QED) is 0.586. The van der Waals surface area contributed by atoms with Crippen molar-refractivity contribution in [1.29, 1.82) is 0 Å². The summed E-state index contributed by atoms with van der Waals surface area (Å²) in [7, 11) is 2.85. The Morgan fingerprint density at radius 3 is 2.00 bits per heavy atom. The maximum absolute atomic E-state index is 2.85. The highest BCUT2D eigenvalue weighted by atomic mass is 31.0. The van der Waals surface area contributed by atoms with Gasteiger partial charge in [-0.25, -0.2) is 0 Å². The van der Waals surface area contributed by atoms with Crippen molar-refractivity contribution in [2.24, 2.45) is 11.8 Å². The first-order valence-corrected chi connectivity index (χ1v) is 5.91. The molecule has 0 saturated carbocycles. The van der Waals surface area contributed by atoms with Crippen molar-refractivity contribution in [3.8, 4) is 0 Å². The molecule has 1 fully saturated rings. The number of hydrogen-bond acceptors (Lipinski definition) is 1. The first kappa shape index (κ1) is 8.88. The number of rotatable bonds is 0. The minimum absolute atomic E-state index is 0.905. The average Bonchev–Trinajstić information content (AvgIpc) is 2.53. The van der Waals surface area contributed by atoms with Gasteiger partial charge in [0.05, 0.1) is 0 Å². The van der Waals surface area contributed by atoms with Crippen LogP contribution >= 0.6 is 9.39 Å². The fourth-order valence-corrected chi connectivity index (χ4v) is 3.50. The second kappa shape index (κ2) is 3.32. The summed E-state index contributed by atoms with van der Waals surface area (Å²) in [6.45, 7) is 2.54. The van der Waals surface area contributed by atoms with E-state index in [2.05, 4.69) is 38.3 Å². The zero-order chi connectivity index (χ0) is 9.54. The van der Waals surface area contributed by atoms with Gasteiger partial charge < -0.3 is 0 Å². The lowest BCUT2D eigenvalue weighted by molar-refractivity contribution is 0.390. The van der Waals surface area contributed by atoms with E-state index in [1.54, 1.807) is 11.1 Å². The SMILES string of the molecule is PN1CC2Cc3ccccc3CC2C1. The smallest absolute Gasteiger partial charge is 0.00511 e. The van der Waals surface area contributed by atoms with Crippen molar-refractivity contribution in [2.45, 2.75) is 12.8 Å². The van der Waals surface area contributed by atoms with Crippen molar-refractivity contribution in [1.82, 2.24) is 4.67 Å². The van der Waals surface area contributed by atoms with Crippen LogP contribution < -0.4 is 0 Å². The molecule has 1 aliphatic heterocycles. The number of hydrogen-bond donors (Lipinski definition) is 0. The molecule has 1 saturated heterocycles. The molecule has 1 nitrogen and oxygen atoms in total. The molecule has 2 heteroatoms. The third-order valence-corrected chi connectivity index (χ3v) is 4.11. The molecule has 1 heterocycles. The first-order chi connectivity index (χ1) is 6.83. The Hall–Kier alpha value is -0.390. The maximum Gasteiger partial charge on any atom is 0.00511 e. The Labute approximate surface area is 87.8 Å². The van der Waals surface area contributed by atoms with Gasteiger partial charge in [-0.1, -0.05) is 33.7 Å². The van der Waals surface area contributed by atoms with E-state index in [4.69, 9.17) is 0 Å². The molecule has 1 aliphatic carbocycles. The van der Waals surface area contributed by atoms with E-state index in [1.165, 1.54) is 25.9 Å². The van der Waals surface area contributed by atoms with Crippen LogP contribution in [0.2, 0.25) is 0 Å². The molecule has 0 radical (unpaired) electrons. The molecule has 0 N–H and O–H groups in total. The number of fused-ring (bicyclic) bond motifs is 2. The van der Waals surface area contributed by atoms with Crippen LogP contribution in [-0.4, -0.2) is 17.8 Å². The lowest BCUT2D eigenvalue weighted by Gasteiger charge is -2.26. The van der Waals surface area contributed by atoms with Gasteiger partial charge in [0.15, 0.2) is 0 Å². The summed E-state index contributed by atoms with van der Waals surface area (Å²) in [6, 6.07) is 8.95. The molecule has 0 aromatic heterocycles. The predicted octanol–water partition coefficient (Wildman–Crippen LogP) is 2.12. The summed E-state index contributed by atoms with van der Waals surface area (Å²) >= 11 is 0. The molecule has 3 rings (SSSR count). The lowest BCUT2D eigenvalue weighted by atomic mass is 9.78. The van der Waals surface area contributed by atoms with Crippen molar-refractivity contribution in [3.05, 3.63) is 35.4 Å². The van der Waals surface area contributed by atoms with Gasteiger partial charge in [0.25, 0.3) is 0 Å². The zero-order valence-electron chi connectivity index (χ0n) is 8.32. The van der Waals surface area contributed by atoms with Gasteiger partial charge in [0.1, 0.15) is 0 Å². The maximum atomic E-state index is 2.85. The third kappa shape index (κ3) is 1.39. The van der Waals surface area contributed by atoms with Crippen LogP contribution in [0.4, 0.5) is 0 Å². The standard InChI is InChI=1S/C12H16NP/c14-13-7-11-5-9-3-1-2-4-10(9)6-12(11)8-13/h1-4,11-12H,5-8,14H2. The third-order valence-electron chi connectivity index (χ3n) is 3.69. The van der Waals surface area contributed by atoms with Crippen LogP contribution in [0.25, 0.3) is 0 Å². The van der Waals surface area contributed by atoms with Gasteiger partial charge in [-0.2, -0.15) is 0 Å².